The molecule has 1 aliphatic rings. The summed E-state index contributed by atoms with van der Waals surface area (Å²) in [5, 5.41) is 12.9. The smallest absolute Gasteiger partial charge is 0.338 e. The van der Waals surface area contributed by atoms with Gasteiger partial charge in [0.2, 0.25) is 5.95 Å². The maximum absolute atomic E-state index is 12.9. The van der Waals surface area contributed by atoms with Crippen molar-refractivity contribution in [2.75, 3.05) is 25.6 Å². The highest BCUT2D eigenvalue weighted by Crippen LogP contribution is 2.39. The SMILES string of the molecule is COCCOC(=O)C1=C(C)Nc2nc3ccccc3n2[C@H]1c1ccc(O)cc1. The van der Waals surface area contributed by atoms with Crippen LogP contribution >= 0.6 is 0 Å². The third-order valence-electron chi connectivity index (χ3n) is 4.78. The van der Waals surface area contributed by atoms with Crippen LogP contribution in [0.1, 0.15) is 18.5 Å². The van der Waals surface area contributed by atoms with E-state index < -0.39 is 12.0 Å². The molecule has 1 aromatic heterocycles. The van der Waals surface area contributed by atoms with Gasteiger partial charge in [-0.15, -0.1) is 0 Å². The summed E-state index contributed by atoms with van der Waals surface area (Å²) >= 11 is 0. The number of anilines is 1. The van der Waals surface area contributed by atoms with Crippen LogP contribution in [0.4, 0.5) is 5.95 Å². The molecule has 0 saturated heterocycles. The number of rotatable bonds is 5. The number of esters is 1. The van der Waals surface area contributed by atoms with E-state index in [9.17, 15) is 9.90 Å². The molecule has 28 heavy (non-hydrogen) atoms. The molecular formula is C21H21N3O4. The normalized spacial score (nSPS) is 16.0. The van der Waals surface area contributed by atoms with Gasteiger partial charge in [-0.3, -0.25) is 4.57 Å². The highest BCUT2D eigenvalue weighted by atomic mass is 16.6. The third kappa shape index (κ3) is 3.10. The fourth-order valence-electron chi connectivity index (χ4n) is 3.50. The number of allylic oxidation sites excluding steroid dienone is 1. The van der Waals surface area contributed by atoms with Gasteiger partial charge in [0.15, 0.2) is 0 Å². The molecule has 0 fully saturated rings. The molecule has 4 rings (SSSR count). The molecule has 0 aliphatic carbocycles. The fourth-order valence-corrected chi connectivity index (χ4v) is 3.50. The van der Waals surface area contributed by atoms with Crippen molar-refractivity contribution in [3.8, 4) is 5.75 Å². The second kappa shape index (κ2) is 7.36. The molecule has 7 heteroatoms. The molecule has 0 unspecified atom stereocenters. The number of phenols is 1. The number of hydrogen-bond donors (Lipinski definition) is 2. The molecule has 144 valence electrons. The summed E-state index contributed by atoms with van der Waals surface area (Å²) in [5.74, 6) is 0.409. The third-order valence-corrected chi connectivity index (χ3v) is 4.78. The van der Waals surface area contributed by atoms with E-state index in [2.05, 4.69) is 10.3 Å². The summed E-state index contributed by atoms with van der Waals surface area (Å²) < 4.78 is 12.4. The number of hydrogen-bond acceptors (Lipinski definition) is 6. The van der Waals surface area contributed by atoms with Crippen molar-refractivity contribution < 1.29 is 19.4 Å². The van der Waals surface area contributed by atoms with Crippen molar-refractivity contribution in [1.29, 1.82) is 0 Å². The fraction of sp³-hybridized carbons (Fsp3) is 0.238. The van der Waals surface area contributed by atoms with Crippen LogP contribution in [0.2, 0.25) is 0 Å². The van der Waals surface area contributed by atoms with Crippen molar-refractivity contribution >= 4 is 23.0 Å². The van der Waals surface area contributed by atoms with E-state index in [-0.39, 0.29) is 12.4 Å². The summed E-state index contributed by atoms with van der Waals surface area (Å²) in [7, 11) is 1.56. The van der Waals surface area contributed by atoms with E-state index in [1.165, 1.54) is 0 Å². The number of aromatic nitrogens is 2. The molecular weight excluding hydrogens is 358 g/mol. The number of aromatic hydroxyl groups is 1. The minimum absolute atomic E-state index is 0.165. The highest BCUT2D eigenvalue weighted by molar-refractivity contribution is 5.94. The van der Waals surface area contributed by atoms with Crippen LogP contribution in [0.25, 0.3) is 11.0 Å². The van der Waals surface area contributed by atoms with Crippen molar-refractivity contribution in [3.05, 3.63) is 65.4 Å². The molecule has 0 amide bonds. The predicted octanol–water partition coefficient (Wildman–Crippen LogP) is 3.22. The zero-order valence-electron chi connectivity index (χ0n) is 15.7. The Hall–Kier alpha value is -3.32. The molecule has 0 saturated carbocycles. The zero-order valence-corrected chi connectivity index (χ0v) is 15.7. The lowest BCUT2D eigenvalue weighted by Crippen LogP contribution is -2.29. The Morgan fingerprint density at radius 1 is 1.18 bits per heavy atom. The number of ether oxygens (including phenoxy) is 2. The minimum atomic E-state index is -0.431. The van der Waals surface area contributed by atoms with E-state index in [1.54, 1.807) is 31.4 Å². The first kappa shape index (κ1) is 18.1. The van der Waals surface area contributed by atoms with Gasteiger partial charge < -0.3 is 19.9 Å². The maximum Gasteiger partial charge on any atom is 0.338 e. The number of nitrogens with zero attached hydrogens (tertiary/aromatic N) is 2. The average molecular weight is 379 g/mol. The van der Waals surface area contributed by atoms with Crippen LogP contribution < -0.4 is 5.32 Å². The summed E-state index contributed by atoms with van der Waals surface area (Å²) in [6.45, 7) is 2.34. The van der Waals surface area contributed by atoms with Gasteiger partial charge in [0, 0.05) is 12.8 Å². The van der Waals surface area contributed by atoms with Crippen molar-refractivity contribution in [2.45, 2.75) is 13.0 Å². The summed E-state index contributed by atoms with van der Waals surface area (Å²) in [4.78, 5) is 17.6. The molecule has 1 aliphatic heterocycles. The van der Waals surface area contributed by atoms with Gasteiger partial charge >= 0.3 is 5.97 Å². The number of imidazole rings is 1. The summed E-state index contributed by atoms with van der Waals surface area (Å²) in [6, 6.07) is 14.2. The number of carbonyl (C=O) groups is 1. The van der Waals surface area contributed by atoms with E-state index in [1.807, 2.05) is 35.8 Å². The molecule has 0 radical (unpaired) electrons. The Morgan fingerprint density at radius 3 is 2.68 bits per heavy atom. The van der Waals surface area contributed by atoms with Crippen LogP contribution in [0.5, 0.6) is 5.75 Å². The van der Waals surface area contributed by atoms with E-state index in [4.69, 9.17) is 9.47 Å². The lowest BCUT2D eigenvalue weighted by Gasteiger charge is -2.30. The topological polar surface area (TPSA) is 85.6 Å². The highest BCUT2D eigenvalue weighted by Gasteiger charge is 2.34. The van der Waals surface area contributed by atoms with Crippen LogP contribution in [-0.2, 0) is 14.3 Å². The van der Waals surface area contributed by atoms with Crippen LogP contribution in [0, 0.1) is 0 Å². The molecule has 2 aromatic carbocycles. The van der Waals surface area contributed by atoms with E-state index in [0.717, 1.165) is 16.6 Å². The van der Waals surface area contributed by atoms with Gasteiger partial charge in [0.05, 0.1) is 29.3 Å². The van der Waals surface area contributed by atoms with Crippen molar-refractivity contribution in [3.63, 3.8) is 0 Å². The summed E-state index contributed by atoms with van der Waals surface area (Å²) in [6.07, 6.45) is 0. The minimum Gasteiger partial charge on any atom is -0.508 e. The number of para-hydroxylation sites is 2. The van der Waals surface area contributed by atoms with Crippen LogP contribution in [-0.4, -0.2) is 41.0 Å². The molecule has 2 N–H and O–H groups in total. The van der Waals surface area contributed by atoms with Gasteiger partial charge in [-0.05, 0) is 36.8 Å². The van der Waals surface area contributed by atoms with Crippen LogP contribution in [0.3, 0.4) is 0 Å². The molecule has 0 spiro atoms. The number of nitrogens with one attached hydrogen (secondary N) is 1. The molecule has 1 atom stereocenters. The van der Waals surface area contributed by atoms with Gasteiger partial charge in [0.1, 0.15) is 12.4 Å². The number of methoxy groups -OCH3 is 1. The van der Waals surface area contributed by atoms with Gasteiger partial charge in [-0.1, -0.05) is 24.3 Å². The Labute approximate surface area is 162 Å². The van der Waals surface area contributed by atoms with Crippen molar-refractivity contribution in [2.24, 2.45) is 0 Å². The van der Waals surface area contributed by atoms with E-state index >= 15 is 0 Å². The maximum atomic E-state index is 12.9. The monoisotopic (exact) mass is 379 g/mol. The molecule has 2 heterocycles. The second-order valence-electron chi connectivity index (χ2n) is 6.58. The van der Waals surface area contributed by atoms with Crippen LogP contribution in [0.15, 0.2) is 59.8 Å². The first-order valence-corrected chi connectivity index (χ1v) is 9.00. The Balaban J connectivity index is 1.86. The van der Waals surface area contributed by atoms with E-state index in [0.29, 0.717) is 23.8 Å². The molecule has 0 bridgehead atoms. The quantitative estimate of drug-likeness (QED) is 0.523. The number of benzene rings is 2. The van der Waals surface area contributed by atoms with Crippen molar-refractivity contribution in [1.82, 2.24) is 9.55 Å². The van der Waals surface area contributed by atoms with Gasteiger partial charge in [-0.2, -0.15) is 0 Å². The lowest BCUT2D eigenvalue weighted by molar-refractivity contribution is -0.140. The van der Waals surface area contributed by atoms with Gasteiger partial charge in [0.25, 0.3) is 0 Å². The predicted molar refractivity (Wildman–Crippen MR) is 105 cm³/mol. The lowest BCUT2D eigenvalue weighted by atomic mass is 9.95. The first-order valence-electron chi connectivity index (χ1n) is 9.00. The Kier molecular flexibility index (Phi) is 4.75. The number of carbonyl (C=O) groups excluding carboxylic acids is 1. The molecule has 7 nitrogen and oxygen atoms in total. The molecule has 3 aromatic rings. The summed E-state index contributed by atoms with van der Waals surface area (Å²) in [5.41, 5.74) is 3.76. The number of fused-ring (bicyclic) bond motifs is 3. The van der Waals surface area contributed by atoms with Gasteiger partial charge in [-0.25, -0.2) is 9.78 Å². The first-order chi connectivity index (χ1) is 13.6. The second-order valence-corrected chi connectivity index (χ2v) is 6.58. The Bertz CT molecular complexity index is 1050. The zero-order chi connectivity index (χ0) is 19.7. The average Bonchev–Trinajstić information content (AvgIpc) is 3.05. The number of phenolic OH excluding ortho intramolecular Hbond substituents is 1. The standard InChI is InChI=1S/C21H21N3O4/c1-13-18(20(26)28-12-11-27-2)19(14-7-9-15(25)10-8-14)24-17-6-4-3-5-16(17)23-21(24)22-13/h3-10,19,25H,11-12H2,1-2H3,(H,22,23)/t19-/m0/s1. The Morgan fingerprint density at radius 2 is 1.93 bits per heavy atom. The largest absolute Gasteiger partial charge is 0.508 e.